The first-order valence-electron chi connectivity index (χ1n) is 16.6. The zero-order chi connectivity index (χ0) is 37.9. The number of hydrogen-bond donors (Lipinski definition) is 2. The average molecular weight is 766 g/mol. The van der Waals surface area contributed by atoms with Crippen molar-refractivity contribution in [3.8, 4) is 23.0 Å². The fourth-order valence-corrected chi connectivity index (χ4v) is 4.66. The molecule has 4 aromatic carbocycles. The van der Waals surface area contributed by atoms with E-state index >= 15 is 0 Å². The number of halogens is 2. The van der Waals surface area contributed by atoms with Crippen LogP contribution in [0.25, 0.3) is 0 Å². The SMILES string of the molecule is C=CCCOc1cccc(N=Cc2cccc(C(C)(C)C)c2O)c1.C=CCCOc1cccc(N=Cc2cccc(C(C)(C)C)c2O)c1.[Cl][Ti][Cl]. The zero-order valence-corrected chi connectivity index (χ0v) is 33.6. The van der Waals surface area contributed by atoms with Gasteiger partial charge in [-0.15, -0.1) is 13.2 Å². The molecule has 0 saturated carbocycles. The molecule has 0 spiro atoms. The van der Waals surface area contributed by atoms with Crippen LogP contribution < -0.4 is 9.47 Å². The van der Waals surface area contributed by atoms with Gasteiger partial charge in [0.05, 0.1) is 24.6 Å². The van der Waals surface area contributed by atoms with Crippen LogP contribution in [0.1, 0.15) is 76.6 Å². The quantitative estimate of drug-likeness (QED) is 0.0651. The summed E-state index contributed by atoms with van der Waals surface area (Å²) < 4.78 is 11.3. The Balaban J connectivity index is 0.000000328. The van der Waals surface area contributed by atoms with E-state index in [-0.39, 0.29) is 22.3 Å². The molecule has 6 nitrogen and oxygen atoms in total. The van der Waals surface area contributed by atoms with E-state index in [0.29, 0.717) is 24.3 Å². The predicted octanol–water partition coefficient (Wildman–Crippen LogP) is 12.2. The number of aliphatic imine (C=N–C) groups is 2. The summed E-state index contributed by atoms with van der Waals surface area (Å²) in [4.78, 5) is 8.93. The number of hydrogen-bond acceptors (Lipinski definition) is 6. The molecule has 0 amide bonds. The number of nitrogens with zero attached hydrogens (tertiary/aromatic N) is 2. The fourth-order valence-electron chi connectivity index (χ4n) is 4.66. The topological polar surface area (TPSA) is 83.6 Å². The van der Waals surface area contributed by atoms with Crippen LogP contribution in [0.5, 0.6) is 23.0 Å². The first-order chi connectivity index (χ1) is 24.2. The Morgan fingerprint density at radius 1 is 0.627 bits per heavy atom. The molecular weight excluding hydrogens is 715 g/mol. The zero-order valence-electron chi connectivity index (χ0n) is 30.5. The number of para-hydroxylation sites is 2. The van der Waals surface area contributed by atoms with Gasteiger partial charge in [0, 0.05) is 35.7 Å². The monoisotopic (exact) mass is 764 g/mol. The standard InChI is InChI=1S/2C21H25NO2.2ClH.Ti/c2*1-5-6-13-24-18-11-8-10-17(14-18)22-15-16-9-7-12-19(20(16)23)21(2,3)4;;;/h2*5,7-12,14-15,23H,1,6,13H2,2-4H3;2*1H;/q;;;;+2/p-2. The predicted molar refractivity (Wildman–Crippen MR) is 213 cm³/mol. The summed E-state index contributed by atoms with van der Waals surface area (Å²) in [5.74, 6) is 2.12. The summed E-state index contributed by atoms with van der Waals surface area (Å²) in [7, 11) is 9.78. The van der Waals surface area contributed by atoms with Crippen LogP contribution in [0.4, 0.5) is 11.4 Å². The van der Waals surface area contributed by atoms with Gasteiger partial charge in [0.1, 0.15) is 23.0 Å². The summed E-state index contributed by atoms with van der Waals surface area (Å²) in [6.07, 6.45) is 8.64. The van der Waals surface area contributed by atoms with Gasteiger partial charge in [-0.05, 0) is 71.2 Å². The fraction of sp³-hybridized carbons (Fsp3) is 0.286. The summed E-state index contributed by atoms with van der Waals surface area (Å²) in [6, 6.07) is 26.7. The molecule has 0 atom stereocenters. The number of phenolic OH excluding ortho intramolecular Hbond substituents is 2. The maximum atomic E-state index is 10.5. The van der Waals surface area contributed by atoms with E-state index in [1.165, 1.54) is 0 Å². The molecule has 0 aliphatic carbocycles. The first-order valence-corrected chi connectivity index (χ1v) is 20.9. The van der Waals surface area contributed by atoms with Gasteiger partial charge in [0.2, 0.25) is 0 Å². The minimum atomic E-state index is -0.556. The van der Waals surface area contributed by atoms with Crippen molar-refractivity contribution in [3.63, 3.8) is 0 Å². The van der Waals surface area contributed by atoms with E-state index < -0.39 is 17.0 Å². The van der Waals surface area contributed by atoms with E-state index in [1.807, 2.05) is 97.1 Å². The second kappa shape index (κ2) is 22.2. The third-order valence-electron chi connectivity index (χ3n) is 7.27. The van der Waals surface area contributed by atoms with Crippen LogP contribution in [0, 0.1) is 0 Å². The Morgan fingerprint density at radius 2 is 0.980 bits per heavy atom. The van der Waals surface area contributed by atoms with Gasteiger partial charge in [-0.1, -0.05) is 90.1 Å². The van der Waals surface area contributed by atoms with Gasteiger partial charge in [0.15, 0.2) is 0 Å². The number of rotatable bonds is 12. The van der Waals surface area contributed by atoms with Gasteiger partial charge >= 0.3 is 35.6 Å². The van der Waals surface area contributed by atoms with Crippen molar-refractivity contribution in [1.29, 1.82) is 0 Å². The van der Waals surface area contributed by atoms with E-state index in [1.54, 1.807) is 12.4 Å². The van der Waals surface area contributed by atoms with Crippen molar-refractivity contribution in [2.24, 2.45) is 9.98 Å². The molecule has 0 heterocycles. The first kappa shape index (κ1) is 43.4. The van der Waals surface area contributed by atoms with Crippen LogP contribution in [-0.4, -0.2) is 35.9 Å². The van der Waals surface area contributed by atoms with Crippen molar-refractivity contribution in [2.45, 2.75) is 65.2 Å². The van der Waals surface area contributed by atoms with E-state index in [0.717, 1.165) is 46.8 Å². The second-order valence-corrected chi connectivity index (χ2v) is 16.0. The number of ether oxygens (including phenoxy) is 2. The molecule has 0 radical (unpaired) electrons. The van der Waals surface area contributed by atoms with E-state index in [9.17, 15) is 10.2 Å². The molecule has 9 heteroatoms. The summed E-state index contributed by atoms with van der Waals surface area (Å²) >= 11 is -0.556. The molecule has 4 rings (SSSR count). The number of phenols is 2. The minimum absolute atomic E-state index is 0.118. The van der Waals surface area contributed by atoms with E-state index in [4.69, 9.17) is 28.1 Å². The summed E-state index contributed by atoms with van der Waals surface area (Å²) in [5.41, 5.74) is 4.57. The Labute approximate surface area is 321 Å². The van der Waals surface area contributed by atoms with Crippen molar-refractivity contribution in [1.82, 2.24) is 0 Å². The Kier molecular flexibility index (Phi) is 18.9. The molecule has 270 valence electrons. The third-order valence-corrected chi connectivity index (χ3v) is 7.27. The molecule has 0 unspecified atom stereocenters. The Hall–Kier alpha value is -3.81. The molecule has 0 aromatic heterocycles. The van der Waals surface area contributed by atoms with Gasteiger partial charge in [-0.2, -0.15) is 0 Å². The van der Waals surface area contributed by atoms with Crippen LogP contribution in [0.3, 0.4) is 0 Å². The summed E-state index contributed by atoms with van der Waals surface area (Å²) in [6.45, 7) is 21.0. The van der Waals surface area contributed by atoms with Gasteiger partial charge in [0.25, 0.3) is 0 Å². The van der Waals surface area contributed by atoms with Crippen LogP contribution in [0.15, 0.2) is 120 Å². The molecule has 4 aromatic rings. The average Bonchev–Trinajstić information content (AvgIpc) is 3.08. The van der Waals surface area contributed by atoms with E-state index in [2.05, 4.69) is 64.7 Å². The Morgan fingerprint density at radius 3 is 1.31 bits per heavy atom. The molecular formula is C42H50Cl2N2O4Ti. The molecule has 0 saturated heterocycles. The molecule has 0 fully saturated rings. The van der Waals surface area contributed by atoms with Gasteiger partial charge < -0.3 is 19.7 Å². The van der Waals surface area contributed by atoms with Crippen molar-refractivity contribution >= 4 is 42.4 Å². The molecule has 0 aliphatic heterocycles. The molecule has 0 aliphatic rings. The normalized spacial score (nSPS) is 11.2. The molecule has 0 bridgehead atoms. The maximum absolute atomic E-state index is 10.5. The third kappa shape index (κ3) is 15.5. The van der Waals surface area contributed by atoms with Crippen LogP contribution in [0.2, 0.25) is 0 Å². The Bertz CT molecular complexity index is 1620. The van der Waals surface area contributed by atoms with Crippen molar-refractivity contribution < 1.29 is 36.7 Å². The van der Waals surface area contributed by atoms with Crippen molar-refractivity contribution in [3.05, 3.63) is 132 Å². The van der Waals surface area contributed by atoms with Gasteiger partial charge in [-0.25, -0.2) is 0 Å². The van der Waals surface area contributed by atoms with Crippen molar-refractivity contribution in [2.75, 3.05) is 13.2 Å². The number of benzene rings is 4. The molecule has 2 N–H and O–H groups in total. The van der Waals surface area contributed by atoms with Crippen LogP contribution >= 0.6 is 18.6 Å². The summed E-state index contributed by atoms with van der Waals surface area (Å²) in [5, 5.41) is 20.9. The molecule has 51 heavy (non-hydrogen) atoms. The number of aromatic hydroxyl groups is 2. The second-order valence-electron chi connectivity index (χ2n) is 13.4. The van der Waals surface area contributed by atoms with Crippen LogP contribution in [-0.2, 0) is 27.9 Å². The van der Waals surface area contributed by atoms with Gasteiger partial charge in [-0.3, -0.25) is 9.98 Å².